The third-order valence-electron chi connectivity index (χ3n) is 6.02. The fourth-order valence-electron chi connectivity index (χ4n) is 4.13. The van der Waals surface area contributed by atoms with E-state index in [1.54, 1.807) is 16.5 Å². The second-order valence-electron chi connectivity index (χ2n) is 8.16. The van der Waals surface area contributed by atoms with Crippen LogP contribution in [0.3, 0.4) is 0 Å². The van der Waals surface area contributed by atoms with E-state index in [0.717, 1.165) is 33.7 Å². The van der Waals surface area contributed by atoms with Gasteiger partial charge in [0, 0.05) is 37.4 Å². The maximum Gasteiger partial charge on any atom is 0.348 e. The van der Waals surface area contributed by atoms with Crippen LogP contribution in [0.15, 0.2) is 57.7 Å². The summed E-state index contributed by atoms with van der Waals surface area (Å²) in [6.45, 7) is 2.79. The van der Waals surface area contributed by atoms with Crippen molar-refractivity contribution in [2.45, 2.75) is 24.9 Å². The smallest absolute Gasteiger partial charge is 0.348 e. The molecule has 0 radical (unpaired) electrons. The largest absolute Gasteiger partial charge is 0.465 e. The molecule has 5 rings (SSSR count). The van der Waals surface area contributed by atoms with Crippen molar-refractivity contribution in [3.8, 4) is 0 Å². The number of rotatable bonds is 5. The lowest BCUT2D eigenvalue weighted by atomic mass is 10.2. The number of nitrogens with zero attached hydrogens (tertiary/aromatic N) is 3. The zero-order valence-electron chi connectivity index (χ0n) is 20.2. The highest BCUT2D eigenvalue weighted by molar-refractivity contribution is 8.08. The molecule has 0 N–H and O–H groups in total. The highest BCUT2D eigenvalue weighted by Gasteiger charge is 2.29. The van der Waals surface area contributed by atoms with Crippen molar-refractivity contribution >= 4 is 57.2 Å². The topological polar surface area (TPSA) is 55.4 Å². The predicted molar refractivity (Wildman–Crippen MR) is 142 cm³/mol. The number of pyridine rings is 1. The van der Waals surface area contributed by atoms with Gasteiger partial charge in [-0.3, -0.25) is 9.36 Å². The van der Waals surface area contributed by atoms with Crippen LogP contribution in [0, 0.1) is 11.6 Å². The Labute approximate surface area is 223 Å². The summed E-state index contributed by atoms with van der Waals surface area (Å²) >= 11 is 3.71. The molecule has 1 aliphatic rings. The SMILES string of the molecule is CCn1c(=O)/c(=C2\Sc3c(ccc(F)c3F)N2C)s/c1=C\c1cccc[n+]1Cc1ccsc1C(=O)OC. The van der Waals surface area contributed by atoms with Gasteiger partial charge in [-0.15, -0.1) is 22.7 Å². The molecule has 37 heavy (non-hydrogen) atoms. The van der Waals surface area contributed by atoms with Crippen LogP contribution < -0.4 is 24.2 Å². The van der Waals surface area contributed by atoms with Crippen LogP contribution in [-0.4, -0.2) is 24.7 Å². The number of ether oxygens (including phenoxy) is 1. The van der Waals surface area contributed by atoms with Gasteiger partial charge in [-0.25, -0.2) is 13.6 Å². The molecule has 11 heteroatoms. The molecule has 0 unspecified atom stereocenters. The molecule has 0 amide bonds. The molecular weight excluding hydrogens is 537 g/mol. The molecule has 4 heterocycles. The van der Waals surface area contributed by atoms with E-state index in [2.05, 4.69) is 0 Å². The van der Waals surface area contributed by atoms with E-state index < -0.39 is 11.6 Å². The van der Waals surface area contributed by atoms with Crippen molar-refractivity contribution in [2.24, 2.45) is 0 Å². The van der Waals surface area contributed by atoms with Crippen molar-refractivity contribution in [1.29, 1.82) is 0 Å². The molecule has 0 bridgehead atoms. The number of methoxy groups -OCH3 is 1. The van der Waals surface area contributed by atoms with Crippen LogP contribution in [-0.2, 0) is 17.8 Å². The monoisotopic (exact) mass is 558 g/mol. The molecule has 3 aromatic heterocycles. The van der Waals surface area contributed by atoms with Gasteiger partial charge >= 0.3 is 5.97 Å². The number of thiazole rings is 1. The number of aromatic nitrogens is 2. The summed E-state index contributed by atoms with van der Waals surface area (Å²) in [5.41, 5.74) is 2.02. The molecule has 0 spiro atoms. The van der Waals surface area contributed by atoms with E-state index in [1.165, 1.54) is 35.8 Å². The first kappa shape index (κ1) is 25.4. The maximum absolute atomic E-state index is 14.5. The second-order valence-corrected chi connectivity index (χ2v) is 11.1. The minimum Gasteiger partial charge on any atom is -0.465 e. The number of thiophene rings is 1. The third-order valence-corrected chi connectivity index (χ3v) is 9.47. The number of anilines is 1. The fourth-order valence-corrected chi connectivity index (χ4v) is 7.45. The quantitative estimate of drug-likeness (QED) is 0.277. The molecule has 1 aromatic carbocycles. The number of fused-ring (bicyclic) bond motifs is 1. The minimum absolute atomic E-state index is 0.178. The number of esters is 1. The Morgan fingerprint density at radius 2 is 2.00 bits per heavy atom. The summed E-state index contributed by atoms with van der Waals surface area (Å²) < 4.78 is 38.0. The van der Waals surface area contributed by atoms with Gasteiger partial charge in [-0.2, -0.15) is 4.57 Å². The summed E-state index contributed by atoms with van der Waals surface area (Å²) in [5, 5.41) is 2.42. The summed E-state index contributed by atoms with van der Waals surface area (Å²) in [4.78, 5) is 28.0. The molecule has 0 saturated carbocycles. The highest BCUT2D eigenvalue weighted by atomic mass is 32.2. The Balaban J connectivity index is 1.62. The van der Waals surface area contributed by atoms with Gasteiger partial charge in [0.25, 0.3) is 5.56 Å². The molecule has 0 saturated heterocycles. The highest BCUT2D eigenvalue weighted by Crippen LogP contribution is 2.47. The van der Waals surface area contributed by atoms with E-state index in [9.17, 15) is 18.4 Å². The van der Waals surface area contributed by atoms with Crippen LogP contribution in [0.25, 0.3) is 11.1 Å². The second kappa shape index (κ2) is 10.2. The molecule has 4 aromatic rings. The maximum atomic E-state index is 14.5. The Kier molecular flexibility index (Phi) is 7.02. The zero-order chi connectivity index (χ0) is 26.3. The first-order valence-electron chi connectivity index (χ1n) is 11.3. The van der Waals surface area contributed by atoms with Gasteiger partial charge < -0.3 is 9.64 Å². The number of carbonyl (C=O) groups excluding carboxylic acids is 1. The zero-order valence-corrected chi connectivity index (χ0v) is 22.6. The Bertz CT molecular complexity index is 1710. The lowest BCUT2D eigenvalue weighted by Crippen LogP contribution is -2.38. The average Bonchev–Trinajstić information content (AvgIpc) is 3.58. The van der Waals surface area contributed by atoms with Crippen molar-refractivity contribution in [1.82, 2.24) is 4.57 Å². The molecule has 0 fully saturated rings. The van der Waals surface area contributed by atoms with Crippen LogP contribution in [0.4, 0.5) is 14.5 Å². The minimum atomic E-state index is -0.915. The van der Waals surface area contributed by atoms with Crippen LogP contribution in [0.2, 0.25) is 0 Å². The van der Waals surface area contributed by atoms with Gasteiger partial charge in [0.2, 0.25) is 5.69 Å². The number of hydrogen-bond donors (Lipinski definition) is 0. The lowest BCUT2D eigenvalue weighted by molar-refractivity contribution is -0.690. The summed E-state index contributed by atoms with van der Waals surface area (Å²) in [7, 11) is 3.11. The van der Waals surface area contributed by atoms with Crippen molar-refractivity contribution < 1.29 is 22.9 Å². The van der Waals surface area contributed by atoms with Crippen molar-refractivity contribution in [3.63, 3.8) is 0 Å². The van der Waals surface area contributed by atoms with E-state index in [4.69, 9.17) is 4.74 Å². The van der Waals surface area contributed by atoms with Gasteiger partial charge in [0.15, 0.2) is 24.4 Å². The normalized spacial score (nSPS) is 14.8. The van der Waals surface area contributed by atoms with Gasteiger partial charge in [-0.05, 0) is 36.6 Å². The van der Waals surface area contributed by atoms with Crippen LogP contribution >= 0.6 is 34.4 Å². The summed E-state index contributed by atoms with van der Waals surface area (Å²) in [5.74, 6) is -2.20. The lowest BCUT2D eigenvalue weighted by Gasteiger charge is -2.12. The number of benzene rings is 1. The first-order chi connectivity index (χ1) is 17.8. The Morgan fingerprint density at radius 3 is 2.76 bits per heavy atom. The molecular formula is C26H22F2N3O3S3+. The fraction of sp³-hybridized carbons (Fsp3) is 0.192. The van der Waals surface area contributed by atoms with Gasteiger partial charge in [0.05, 0.1) is 17.7 Å². The average molecular weight is 559 g/mol. The summed E-state index contributed by atoms with van der Waals surface area (Å²) in [6.07, 6.45) is 3.84. The van der Waals surface area contributed by atoms with Gasteiger partial charge in [-0.1, -0.05) is 11.8 Å². The molecule has 6 nitrogen and oxygen atoms in total. The van der Waals surface area contributed by atoms with E-state index in [1.807, 2.05) is 53.4 Å². The number of halogens is 2. The van der Waals surface area contributed by atoms with Gasteiger partial charge in [0.1, 0.15) is 19.1 Å². The van der Waals surface area contributed by atoms with Crippen molar-refractivity contribution in [3.05, 3.63) is 95.3 Å². The number of hydrogen-bond acceptors (Lipinski definition) is 7. The summed E-state index contributed by atoms with van der Waals surface area (Å²) in [6, 6.07) is 10.3. The Morgan fingerprint density at radius 1 is 1.19 bits per heavy atom. The van der Waals surface area contributed by atoms with E-state index in [0.29, 0.717) is 33.2 Å². The standard InChI is InChI=1S/C26H22F2N3O3S3/c1-4-31-19(13-16-7-5-6-11-30(16)14-15-10-12-35-21(15)26(33)34-3)36-23(24(31)32)25-29(2)18-9-8-17(27)20(28)22(18)37-25/h5-13H,4,14H2,1-3H3/q+1/b25-23+. The molecule has 0 aliphatic carbocycles. The number of carbonyl (C=O) groups is 1. The van der Waals surface area contributed by atoms with E-state index >= 15 is 0 Å². The Hall–Kier alpha value is -3.28. The molecule has 0 atom stereocenters. The third kappa shape index (κ3) is 4.51. The molecule has 190 valence electrons. The van der Waals surface area contributed by atoms with Crippen LogP contribution in [0.5, 0.6) is 0 Å². The van der Waals surface area contributed by atoms with Crippen molar-refractivity contribution in [2.75, 3.05) is 19.1 Å². The van der Waals surface area contributed by atoms with E-state index in [-0.39, 0.29) is 16.4 Å². The predicted octanol–water partition coefficient (Wildman–Crippen LogP) is 3.53. The molecule has 1 aliphatic heterocycles. The number of thioether (sulfide) groups is 1. The first-order valence-corrected chi connectivity index (χ1v) is 13.8. The van der Waals surface area contributed by atoms with Crippen LogP contribution in [0.1, 0.15) is 27.9 Å².